The van der Waals surface area contributed by atoms with Crippen LogP contribution >= 0.6 is 0 Å². The fraction of sp³-hybridized carbons (Fsp3) is 0.583. The molecule has 326 valence electrons. The second kappa shape index (κ2) is 16.0. The summed E-state index contributed by atoms with van der Waals surface area (Å²) >= 11 is 0. The number of benzene rings is 2. The minimum Gasteiger partial charge on any atom is -0.461 e. The molecule has 4 fully saturated rings. The van der Waals surface area contributed by atoms with E-state index < -0.39 is 37.0 Å². The third-order valence-corrected chi connectivity index (χ3v) is 20.3. The Morgan fingerprint density at radius 3 is 2.34 bits per heavy atom. The van der Waals surface area contributed by atoms with Crippen LogP contribution in [-0.2, 0) is 4.74 Å². The van der Waals surface area contributed by atoms with Gasteiger partial charge in [-0.05, 0) is 99.6 Å². The minimum atomic E-state index is -2.27. The predicted octanol–water partition coefficient (Wildman–Crippen LogP) is 10.5. The average Bonchev–Trinajstić information content (AvgIpc) is 3.80. The quantitative estimate of drug-likeness (QED) is 0.128. The van der Waals surface area contributed by atoms with Crippen LogP contribution in [0.3, 0.4) is 0 Å². The Bertz CT molecular complexity index is 2390. The first-order valence-corrected chi connectivity index (χ1v) is 24.5. The summed E-state index contributed by atoms with van der Waals surface area (Å²) in [6.07, 6.45) is 4.02. The van der Waals surface area contributed by atoms with E-state index in [9.17, 15) is 9.18 Å². The highest BCUT2D eigenvalue weighted by Gasteiger charge is 2.50. The molecule has 4 aliphatic heterocycles. The van der Waals surface area contributed by atoms with Crippen molar-refractivity contribution in [3.8, 4) is 28.7 Å². The van der Waals surface area contributed by atoms with Gasteiger partial charge in [-0.15, -0.1) is 5.54 Å². The van der Waals surface area contributed by atoms with Gasteiger partial charge in [-0.1, -0.05) is 59.6 Å². The number of ether oxygens (including phenoxy) is 2. The lowest BCUT2D eigenvalue weighted by Gasteiger charge is -2.42. The number of carbonyl (C=O) groups is 1. The van der Waals surface area contributed by atoms with E-state index in [0.717, 1.165) is 43.2 Å². The number of nitrogens with zero attached hydrogens (tertiary/aromatic N) is 6. The maximum atomic E-state index is 17.7. The number of anilines is 1. The highest BCUT2D eigenvalue weighted by Crippen LogP contribution is 2.44. The number of pyridine rings is 1. The van der Waals surface area contributed by atoms with Crippen LogP contribution in [-0.4, -0.2) is 101 Å². The van der Waals surface area contributed by atoms with Crippen LogP contribution in [0.5, 0.6) is 6.01 Å². The molecule has 4 saturated heterocycles. The molecule has 6 heterocycles. The largest absolute Gasteiger partial charge is 0.461 e. The number of aromatic nitrogens is 3. The van der Waals surface area contributed by atoms with Gasteiger partial charge in [0, 0.05) is 43.2 Å². The van der Waals surface area contributed by atoms with E-state index in [4.69, 9.17) is 24.4 Å². The SMILES string of the molecule is Cc1cc(-c2ncc3c(N4CC5CCC(C4)N5C(=O)OC(C)(C)C)nc(OC[C@@]45CCCN4C[C@H](F)C5)nc3c2F)c2c(C#C[Si](C(C)C)(C(C)C)C(C)C)c(F)ccc2c1. The molecule has 4 aliphatic rings. The number of rotatable bonds is 8. The fourth-order valence-corrected chi connectivity index (χ4v) is 16.6. The average molecular weight is 855 g/mol. The molecule has 0 saturated carbocycles. The Morgan fingerprint density at radius 2 is 1.69 bits per heavy atom. The Hall–Kier alpha value is -4.41. The summed E-state index contributed by atoms with van der Waals surface area (Å²) in [7, 11) is -2.27. The van der Waals surface area contributed by atoms with Crippen molar-refractivity contribution in [3.05, 3.63) is 53.2 Å². The molecule has 0 radical (unpaired) electrons. The molecule has 4 aromatic rings. The van der Waals surface area contributed by atoms with E-state index in [-0.39, 0.29) is 47.6 Å². The van der Waals surface area contributed by atoms with Crippen LogP contribution in [0.2, 0.25) is 16.6 Å². The molecular formula is C48H61F3N6O3Si. The molecule has 9 nitrogen and oxygen atoms in total. The Morgan fingerprint density at radius 1 is 1.00 bits per heavy atom. The first kappa shape index (κ1) is 43.2. The molecular weight excluding hydrogens is 794 g/mol. The zero-order valence-corrected chi connectivity index (χ0v) is 38.5. The van der Waals surface area contributed by atoms with Crippen molar-refractivity contribution in [3.63, 3.8) is 0 Å². The van der Waals surface area contributed by atoms with Crippen molar-refractivity contribution in [2.75, 3.05) is 37.7 Å². The second-order valence-electron chi connectivity index (χ2n) is 20.0. The molecule has 2 unspecified atom stereocenters. The lowest BCUT2D eigenvalue weighted by Crippen LogP contribution is -2.57. The summed E-state index contributed by atoms with van der Waals surface area (Å²) in [4.78, 5) is 34.0. The number of aryl methyl sites for hydroxylation is 1. The zero-order valence-electron chi connectivity index (χ0n) is 37.5. The summed E-state index contributed by atoms with van der Waals surface area (Å²) < 4.78 is 60.9. The number of hydrogen-bond acceptors (Lipinski definition) is 8. The minimum absolute atomic E-state index is 0.00643. The molecule has 2 aromatic heterocycles. The predicted molar refractivity (Wildman–Crippen MR) is 238 cm³/mol. The van der Waals surface area contributed by atoms with Gasteiger partial charge in [0.25, 0.3) is 0 Å². The molecule has 0 aliphatic carbocycles. The molecule has 0 spiro atoms. The molecule has 1 amide bonds. The van der Waals surface area contributed by atoms with Gasteiger partial charge < -0.3 is 14.4 Å². The first-order valence-electron chi connectivity index (χ1n) is 22.2. The van der Waals surface area contributed by atoms with Gasteiger partial charge in [0.1, 0.15) is 49.3 Å². The highest BCUT2D eigenvalue weighted by atomic mass is 28.3. The standard InChI is InChI=1S/C48H61F3N6O3Si/c1-28(2)61(29(3)4,30(5)6)19-16-36-39(50)15-12-32-20-31(7)21-37(40(32)36)42-41(51)43-38(23-52-42)44(54-45(53-43)59-27-48-17-11-18-56(48)24-33(49)22-48)55-25-34-13-14-35(26-55)57(34)46(58)60-47(8,9)10/h12,15,20-21,23,28-30,33-35H,11,13-14,17-18,22,24-27H2,1-10H3/t33-,34?,35?,48+/m1/s1. The van der Waals surface area contributed by atoms with Crippen LogP contribution in [0.25, 0.3) is 32.9 Å². The lowest BCUT2D eigenvalue weighted by molar-refractivity contribution is 0.0122. The molecule has 2 bridgehead atoms. The van der Waals surface area contributed by atoms with Crippen molar-refractivity contribution in [2.24, 2.45) is 0 Å². The summed E-state index contributed by atoms with van der Waals surface area (Å²) in [5.41, 5.74) is 5.16. The number of carbonyl (C=O) groups excluding carboxylic acids is 1. The smallest absolute Gasteiger partial charge is 0.410 e. The van der Waals surface area contributed by atoms with Crippen LogP contribution in [0.4, 0.5) is 23.8 Å². The molecule has 61 heavy (non-hydrogen) atoms. The maximum Gasteiger partial charge on any atom is 0.410 e. The van der Waals surface area contributed by atoms with Crippen LogP contribution in [0.15, 0.2) is 30.5 Å². The maximum absolute atomic E-state index is 17.7. The van der Waals surface area contributed by atoms with E-state index in [1.165, 1.54) is 6.07 Å². The van der Waals surface area contributed by atoms with E-state index in [0.29, 0.717) is 64.8 Å². The summed E-state index contributed by atoms with van der Waals surface area (Å²) in [6.45, 7) is 23.1. The molecule has 4 atom stereocenters. The van der Waals surface area contributed by atoms with E-state index in [2.05, 4.69) is 62.8 Å². The van der Waals surface area contributed by atoms with Crippen molar-refractivity contribution in [2.45, 2.75) is 147 Å². The van der Waals surface area contributed by atoms with Crippen molar-refractivity contribution in [1.82, 2.24) is 24.8 Å². The summed E-state index contributed by atoms with van der Waals surface area (Å²) in [5, 5.41) is 1.64. The Kier molecular flexibility index (Phi) is 11.4. The Balaban J connectivity index is 1.26. The van der Waals surface area contributed by atoms with E-state index in [1.807, 2.05) is 44.7 Å². The number of alkyl halides is 1. The zero-order chi connectivity index (χ0) is 43.8. The lowest BCUT2D eigenvalue weighted by atomic mass is 9.94. The van der Waals surface area contributed by atoms with Gasteiger partial charge in [-0.25, -0.2) is 18.0 Å². The van der Waals surface area contributed by atoms with Crippen molar-refractivity contribution >= 4 is 41.7 Å². The van der Waals surface area contributed by atoms with Gasteiger partial charge in [0.2, 0.25) is 0 Å². The number of halogens is 3. The number of fused-ring (bicyclic) bond motifs is 5. The third kappa shape index (κ3) is 7.74. The van der Waals surface area contributed by atoms with E-state index in [1.54, 1.807) is 12.3 Å². The van der Waals surface area contributed by atoms with Crippen molar-refractivity contribution in [1.29, 1.82) is 0 Å². The topological polar surface area (TPSA) is 83.9 Å². The van der Waals surface area contributed by atoms with Crippen LogP contribution < -0.4 is 9.64 Å². The number of piperazine rings is 1. The van der Waals surface area contributed by atoms with Gasteiger partial charge in [0.05, 0.1) is 28.6 Å². The number of amides is 1. The second-order valence-corrected chi connectivity index (χ2v) is 25.6. The van der Waals surface area contributed by atoms with Gasteiger partial charge >= 0.3 is 12.1 Å². The van der Waals surface area contributed by atoms with Crippen molar-refractivity contribution < 1.29 is 27.4 Å². The molecule has 2 aromatic carbocycles. The first-order chi connectivity index (χ1) is 28.8. The van der Waals surface area contributed by atoms with Crippen LogP contribution in [0.1, 0.15) is 106 Å². The van der Waals surface area contributed by atoms with Crippen LogP contribution in [0, 0.1) is 30.0 Å². The van der Waals surface area contributed by atoms with Gasteiger partial charge in [0.15, 0.2) is 5.82 Å². The van der Waals surface area contributed by atoms with E-state index >= 15 is 8.78 Å². The summed E-state index contributed by atoms with van der Waals surface area (Å²) in [5.74, 6) is 2.67. The number of hydrogen-bond donors (Lipinski definition) is 0. The monoisotopic (exact) mass is 854 g/mol. The fourth-order valence-electron chi connectivity index (χ4n) is 11.4. The molecule has 13 heteroatoms. The highest BCUT2D eigenvalue weighted by molar-refractivity contribution is 6.90. The normalized spacial score (nSPS) is 23.1. The van der Waals surface area contributed by atoms with Gasteiger partial charge in [-0.2, -0.15) is 9.97 Å². The third-order valence-electron chi connectivity index (χ3n) is 14.0. The molecule has 8 rings (SSSR count). The Labute approximate surface area is 359 Å². The summed E-state index contributed by atoms with van der Waals surface area (Å²) in [6, 6.07) is 6.70. The molecule has 0 N–H and O–H groups in total. The van der Waals surface area contributed by atoms with Gasteiger partial charge in [-0.3, -0.25) is 14.8 Å².